The van der Waals surface area contributed by atoms with Crippen molar-refractivity contribution >= 4 is 51.0 Å². The standard InChI is InChI=1S/C28H21N3O2S2/c1-16-8-4-7-11-22(16)31-27(33)24(14-23-17(2)12-13-34-23)35-28(31)20(15-29)26(32)25-18(3)30-21-10-6-5-9-19(21)25/h4-14,30H,1-3H3/b24-14-,28-20-. The van der Waals surface area contributed by atoms with E-state index in [9.17, 15) is 14.9 Å². The van der Waals surface area contributed by atoms with Gasteiger partial charge in [-0.2, -0.15) is 5.26 Å². The first kappa shape index (κ1) is 22.8. The minimum atomic E-state index is -0.398. The number of carbonyl (C=O) groups excluding carboxylic acids is 1. The lowest BCUT2D eigenvalue weighted by Gasteiger charge is -2.07. The number of aryl methyl sites for hydroxylation is 3. The molecule has 172 valence electrons. The van der Waals surface area contributed by atoms with Crippen LogP contribution in [0.5, 0.6) is 0 Å². The first-order valence-electron chi connectivity index (χ1n) is 11.0. The number of H-pyrrole nitrogens is 1. The molecule has 5 aromatic rings. The molecule has 5 rings (SSSR count). The van der Waals surface area contributed by atoms with Crippen LogP contribution in [-0.4, -0.2) is 15.3 Å². The number of thiazole rings is 1. The number of hydrogen-bond donors (Lipinski definition) is 1. The van der Waals surface area contributed by atoms with Crippen molar-refractivity contribution in [1.82, 2.24) is 9.55 Å². The van der Waals surface area contributed by atoms with E-state index in [4.69, 9.17) is 0 Å². The Morgan fingerprint density at radius 1 is 1.03 bits per heavy atom. The van der Waals surface area contributed by atoms with Gasteiger partial charge in [0.1, 0.15) is 16.3 Å². The van der Waals surface area contributed by atoms with Gasteiger partial charge in [-0.25, -0.2) is 0 Å². The molecule has 0 spiro atoms. The number of nitrogens with zero attached hydrogens (tertiary/aromatic N) is 2. The third-order valence-electron chi connectivity index (χ3n) is 6.02. The number of aromatic amines is 1. The van der Waals surface area contributed by atoms with Gasteiger partial charge in [-0.05, 0) is 61.6 Å². The van der Waals surface area contributed by atoms with Gasteiger partial charge in [-0.15, -0.1) is 22.7 Å². The van der Waals surface area contributed by atoms with Crippen LogP contribution in [0.3, 0.4) is 0 Å². The normalized spacial score (nSPS) is 12.7. The summed E-state index contributed by atoms with van der Waals surface area (Å²) in [6.07, 6.45) is 1.85. The predicted octanol–water partition coefficient (Wildman–Crippen LogP) is 4.75. The lowest BCUT2D eigenvalue weighted by atomic mass is 10.0. The van der Waals surface area contributed by atoms with Crippen LogP contribution in [0.15, 0.2) is 64.8 Å². The van der Waals surface area contributed by atoms with Crippen LogP contribution in [0, 0.1) is 32.1 Å². The van der Waals surface area contributed by atoms with Crippen LogP contribution >= 0.6 is 22.7 Å². The van der Waals surface area contributed by atoms with Gasteiger partial charge in [-0.1, -0.05) is 36.4 Å². The lowest BCUT2D eigenvalue weighted by Crippen LogP contribution is -2.32. The first-order valence-corrected chi connectivity index (χ1v) is 12.7. The Bertz CT molecular complexity index is 1840. The molecular weight excluding hydrogens is 474 g/mol. The zero-order valence-electron chi connectivity index (χ0n) is 19.4. The Balaban J connectivity index is 1.88. The minimum absolute atomic E-state index is 0.0502. The summed E-state index contributed by atoms with van der Waals surface area (Å²) in [6, 6.07) is 19.1. The number of aromatic nitrogens is 2. The second-order valence-corrected chi connectivity index (χ2v) is 10.3. The zero-order valence-corrected chi connectivity index (χ0v) is 21.0. The van der Waals surface area contributed by atoms with Crippen molar-refractivity contribution in [1.29, 1.82) is 5.26 Å². The summed E-state index contributed by atoms with van der Waals surface area (Å²) < 4.78 is 2.32. The molecule has 0 bridgehead atoms. The molecule has 0 aliphatic carbocycles. The molecule has 1 N–H and O–H groups in total. The number of ketones is 1. The largest absolute Gasteiger partial charge is 0.358 e. The Kier molecular flexibility index (Phi) is 5.85. The molecule has 0 radical (unpaired) electrons. The van der Waals surface area contributed by atoms with E-state index in [0.29, 0.717) is 26.1 Å². The molecule has 0 unspecified atom stereocenters. The van der Waals surface area contributed by atoms with Gasteiger partial charge < -0.3 is 4.98 Å². The number of para-hydroxylation sites is 2. The number of thiophene rings is 1. The minimum Gasteiger partial charge on any atom is -0.358 e. The lowest BCUT2D eigenvalue weighted by molar-refractivity contribution is 0.105. The molecule has 3 heterocycles. The third kappa shape index (κ3) is 3.87. The maximum absolute atomic E-state index is 13.8. The highest BCUT2D eigenvalue weighted by molar-refractivity contribution is 7.11. The van der Waals surface area contributed by atoms with Crippen molar-refractivity contribution in [2.45, 2.75) is 20.8 Å². The van der Waals surface area contributed by atoms with E-state index in [0.717, 1.165) is 26.9 Å². The van der Waals surface area contributed by atoms with Gasteiger partial charge in [0, 0.05) is 21.5 Å². The maximum atomic E-state index is 13.8. The van der Waals surface area contributed by atoms with Gasteiger partial charge in [0.2, 0.25) is 5.78 Å². The van der Waals surface area contributed by atoms with Crippen LogP contribution in [0.2, 0.25) is 0 Å². The number of nitrogens with one attached hydrogen (secondary N) is 1. The average molecular weight is 496 g/mol. The van der Waals surface area contributed by atoms with Crippen LogP contribution in [0.1, 0.15) is 32.1 Å². The van der Waals surface area contributed by atoms with E-state index in [1.807, 2.05) is 86.8 Å². The molecule has 0 fully saturated rings. The van der Waals surface area contributed by atoms with E-state index in [-0.39, 0.29) is 11.1 Å². The van der Waals surface area contributed by atoms with E-state index in [2.05, 4.69) is 11.1 Å². The van der Waals surface area contributed by atoms with E-state index < -0.39 is 5.78 Å². The summed E-state index contributed by atoms with van der Waals surface area (Å²) in [7, 11) is 0. The Morgan fingerprint density at radius 3 is 2.49 bits per heavy atom. The van der Waals surface area contributed by atoms with Gasteiger partial charge >= 0.3 is 0 Å². The number of rotatable bonds is 4. The summed E-state index contributed by atoms with van der Waals surface area (Å²) in [4.78, 5) is 31.7. The molecule has 35 heavy (non-hydrogen) atoms. The molecule has 0 atom stereocenters. The molecule has 7 heteroatoms. The van der Waals surface area contributed by atoms with Gasteiger partial charge in [-0.3, -0.25) is 14.2 Å². The molecule has 2 aromatic carbocycles. The van der Waals surface area contributed by atoms with E-state index >= 15 is 0 Å². The Hall–Kier alpha value is -3.99. The third-order valence-corrected chi connectivity index (χ3v) is 8.08. The molecule has 0 aliphatic heterocycles. The average Bonchev–Trinajstić information content (AvgIpc) is 3.50. The quantitative estimate of drug-likeness (QED) is 0.366. The van der Waals surface area contributed by atoms with Crippen molar-refractivity contribution in [2.75, 3.05) is 0 Å². The highest BCUT2D eigenvalue weighted by atomic mass is 32.1. The number of Topliss-reactive ketones (excluding diaryl/α,β-unsaturated/α-hetero) is 1. The zero-order chi connectivity index (χ0) is 24.7. The van der Waals surface area contributed by atoms with Gasteiger partial charge in [0.25, 0.3) is 5.56 Å². The van der Waals surface area contributed by atoms with Crippen LogP contribution < -0.4 is 14.8 Å². The maximum Gasteiger partial charge on any atom is 0.273 e. The summed E-state index contributed by atoms with van der Waals surface area (Å²) in [5.74, 6) is -0.398. The molecule has 0 saturated carbocycles. The fourth-order valence-electron chi connectivity index (χ4n) is 4.22. The molecule has 0 amide bonds. The number of hydrogen-bond acceptors (Lipinski definition) is 5. The van der Waals surface area contributed by atoms with Crippen molar-refractivity contribution in [3.8, 4) is 11.8 Å². The summed E-state index contributed by atoms with van der Waals surface area (Å²) in [5, 5.41) is 13.0. The molecule has 0 aliphatic rings. The second-order valence-electron chi connectivity index (χ2n) is 8.30. The monoisotopic (exact) mass is 495 g/mol. The Morgan fingerprint density at radius 2 is 1.77 bits per heavy atom. The number of carbonyl (C=O) groups is 1. The topological polar surface area (TPSA) is 78.7 Å². The van der Waals surface area contributed by atoms with Crippen LogP contribution in [0.4, 0.5) is 0 Å². The molecule has 3 aromatic heterocycles. The second kappa shape index (κ2) is 8.99. The van der Waals surface area contributed by atoms with Gasteiger partial charge in [0.15, 0.2) is 0 Å². The smallest absolute Gasteiger partial charge is 0.273 e. The molecular formula is C28H21N3O2S2. The fourth-order valence-corrected chi connectivity index (χ4v) is 6.23. The van der Waals surface area contributed by atoms with Gasteiger partial charge in [0.05, 0.1) is 15.8 Å². The van der Waals surface area contributed by atoms with Crippen LogP contribution in [0.25, 0.3) is 28.2 Å². The van der Waals surface area contributed by atoms with Crippen molar-refractivity contribution < 1.29 is 4.79 Å². The van der Waals surface area contributed by atoms with E-state index in [1.54, 1.807) is 11.3 Å². The summed E-state index contributed by atoms with van der Waals surface area (Å²) in [5.41, 5.74) is 4.27. The van der Waals surface area contributed by atoms with Crippen molar-refractivity contribution in [2.24, 2.45) is 0 Å². The SMILES string of the molecule is Cc1ccccc1-n1c(=O)/c(=C/c2sccc2C)s/c1=C(/C#N)C(=O)c1c(C)[nH]c2ccccc12. The van der Waals surface area contributed by atoms with E-state index in [1.165, 1.54) is 15.9 Å². The summed E-state index contributed by atoms with van der Waals surface area (Å²) in [6.45, 7) is 5.73. The van der Waals surface area contributed by atoms with Crippen LogP contribution in [-0.2, 0) is 0 Å². The Labute approximate surface area is 209 Å². The molecule has 0 saturated heterocycles. The highest BCUT2D eigenvalue weighted by Gasteiger charge is 2.23. The van der Waals surface area contributed by atoms with Crippen molar-refractivity contribution in [3.05, 3.63) is 107 Å². The predicted molar refractivity (Wildman–Crippen MR) is 143 cm³/mol. The highest BCUT2D eigenvalue weighted by Crippen LogP contribution is 2.25. The number of fused-ring (bicyclic) bond motifs is 1. The first-order chi connectivity index (χ1) is 16.9. The fraction of sp³-hybridized carbons (Fsp3) is 0.107. The van der Waals surface area contributed by atoms with Crippen molar-refractivity contribution in [3.63, 3.8) is 0 Å². The number of nitriles is 1. The summed E-state index contributed by atoms with van der Waals surface area (Å²) >= 11 is 2.73. The molecule has 5 nitrogen and oxygen atoms in total. The number of benzene rings is 2.